The van der Waals surface area contributed by atoms with E-state index in [9.17, 15) is 9.59 Å². The minimum atomic E-state index is -1.04. The van der Waals surface area contributed by atoms with Gasteiger partial charge < -0.3 is 2.85 Å². The number of amides is 3. The molecule has 0 saturated carbocycles. The van der Waals surface area contributed by atoms with Crippen LogP contribution in [-0.4, -0.2) is 68.7 Å². The van der Waals surface area contributed by atoms with Gasteiger partial charge in [0.25, 0.3) is 5.91 Å². The Balaban J connectivity index is -0.000000136. The van der Waals surface area contributed by atoms with Crippen LogP contribution < -0.4 is 0 Å². The van der Waals surface area contributed by atoms with E-state index in [1.807, 2.05) is 0 Å². The van der Waals surface area contributed by atoms with E-state index >= 15 is 0 Å². The van der Waals surface area contributed by atoms with Crippen LogP contribution in [0.5, 0.6) is 0 Å². The standard InChI is InChI=1S/C5H6Cl2N2O2.Ca.ClHO.2H/c1-5(2)3(10)8(6)4(11)9(5)7;;1-2;;/h1-2H3;;2H;;/q;+2;;2*-1. The van der Waals surface area contributed by atoms with Gasteiger partial charge in [0.1, 0.15) is 5.54 Å². The zero-order chi connectivity index (χ0) is 10.8. The number of rotatable bonds is 0. The first-order valence-corrected chi connectivity index (χ1v) is 4.07. The molecule has 1 aliphatic rings. The Kier molecular flexibility index (Phi) is 8.19. The van der Waals surface area contributed by atoms with Crippen molar-refractivity contribution >= 4 is 85.1 Å². The fraction of sp³-hybridized carbons (Fsp3) is 0.600. The summed E-state index contributed by atoms with van der Waals surface area (Å²) in [5, 5.41) is 0. The molecule has 0 aromatic carbocycles. The van der Waals surface area contributed by atoms with Crippen LogP contribution in [0.2, 0.25) is 0 Å². The molecule has 1 saturated heterocycles. The summed E-state index contributed by atoms with van der Waals surface area (Å²) in [6.45, 7) is 3.03. The van der Waals surface area contributed by atoms with Crippen molar-refractivity contribution in [3.63, 3.8) is 0 Å². The second-order valence-corrected chi connectivity index (χ2v) is 3.38. The van der Waals surface area contributed by atoms with Gasteiger partial charge in [0.15, 0.2) is 0 Å². The number of halogens is 3. The molecule has 0 radical (unpaired) electrons. The van der Waals surface area contributed by atoms with Crippen molar-refractivity contribution in [2.24, 2.45) is 0 Å². The van der Waals surface area contributed by atoms with Crippen LogP contribution in [0, 0.1) is 0 Å². The van der Waals surface area contributed by atoms with E-state index in [-0.39, 0.29) is 40.6 Å². The molecule has 80 valence electrons. The van der Waals surface area contributed by atoms with E-state index in [0.717, 1.165) is 4.42 Å². The normalized spacial score (nSPS) is 18.7. The van der Waals surface area contributed by atoms with Gasteiger partial charge >= 0.3 is 43.8 Å². The molecule has 1 N–H and O–H groups in total. The van der Waals surface area contributed by atoms with E-state index < -0.39 is 17.5 Å². The summed E-state index contributed by atoms with van der Waals surface area (Å²) in [4.78, 5) is 22.0. The predicted molar refractivity (Wildman–Crippen MR) is 55.9 cm³/mol. The van der Waals surface area contributed by atoms with Gasteiger partial charge in [0.2, 0.25) is 0 Å². The molecule has 0 aliphatic carbocycles. The maximum Gasteiger partial charge on any atom is 2.00 e. The van der Waals surface area contributed by atoms with Gasteiger partial charge in [-0.15, -0.1) is 0 Å². The first-order chi connectivity index (χ1) is 5.89. The van der Waals surface area contributed by atoms with Crippen molar-refractivity contribution in [2.45, 2.75) is 19.4 Å². The van der Waals surface area contributed by atoms with Gasteiger partial charge in [-0.25, -0.2) is 9.21 Å². The van der Waals surface area contributed by atoms with E-state index in [1.165, 1.54) is 13.8 Å². The molecule has 3 amide bonds. The number of hydrogen-bond donors (Lipinski definition) is 1. The van der Waals surface area contributed by atoms with E-state index in [1.54, 1.807) is 0 Å². The molecule has 9 heteroatoms. The van der Waals surface area contributed by atoms with Gasteiger partial charge in [-0.3, -0.25) is 9.45 Å². The smallest absolute Gasteiger partial charge is 1.00 e. The molecule has 1 rings (SSSR count). The van der Waals surface area contributed by atoms with Crippen LogP contribution in [-0.2, 0) is 4.79 Å². The summed E-state index contributed by atoms with van der Waals surface area (Å²) in [6, 6.07) is -0.705. The zero-order valence-corrected chi connectivity index (χ0v) is 12.0. The molecular weight excluding hydrogens is 283 g/mol. The molecular formula is C5H9CaCl3N2O3. The number of carbonyl (C=O) groups excluding carboxylic acids is 2. The molecule has 0 atom stereocenters. The van der Waals surface area contributed by atoms with Crippen molar-refractivity contribution < 1.29 is 17.1 Å². The topological polar surface area (TPSA) is 60.9 Å². The number of urea groups is 1. The molecule has 0 bridgehead atoms. The largest absolute Gasteiger partial charge is 2.00 e. The van der Waals surface area contributed by atoms with Gasteiger partial charge in [-0.05, 0) is 13.8 Å². The Morgan fingerprint density at radius 1 is 1.29 bits per heavy atom. The van der Waals surface area contributed by atoms with Crippen LogP contribution in [0.3, 0.4) is 0 Å². The van der Waals surface area contributed by atoms with Crippen molar-refractivity contribution in [1.29, 1.82) is 0 Å². The molecule has 0 spiro atoms. The molecule has 1 fully saturated rings. The molecule has 0 aromatic heterocycles. The first kappa shape index (κ1) is 17.4. The van der Waals surface area contributed by atoms with Crippen molar-refractivity contribution in [2.75, 3.05) is 0 Å². The Hall–Kier alpha value is 1.03. The van der Waals surface area contributed by atoms with E-state index in [0.29, 0.717) is 4.42 Å². The quantitative estimate of drug-likeness (QED) is 0.416. The van der Waals surface area contributed by atoms with Crippen LogP contribution in [0.15, 0.2) is 0 Å². The van der Waals surface area contributed by atoms with Crippen LogP contribution in [0.4, 0.5) is 4.79 Å². The summed E-state index contributed by atoms with van der Waals surface area (Å²) in [6.07, 6.45) is 0. The van der Waals surface area contributed by atoms with Crippen LogP contribution in [0.1, 0.15) is 16.7 Å². The molecule has 14 heavy (non-hydrogen) atoms. The fourth-order valence-electron chi connectivity index (χ4n) is 0.727. The van der Waals surface area contributed by atoms with Gasteiger partial charge in [0, 0.05) is 23.6 Å². The molecule has 1 aliphatic heterocycles. The summed E-state index contributed by atoms with van der Waals surface area (Å²) < 4.78 is 7.73. The Morgan fingerprint density at radius 3 is 1.71 bits per heavy atom. The number of imide groups is 1. The second kappa shape index (κ2) is 6.58. The Morgan fingerprint density at radius 2 is 1.64 bits per heavy atom. The monoisotopic (exact) mass is 290 g/mol. The molecule has 5 nitrogen and oxygen atoms in total. The van der Waals surface area contributed by atoms with Crippen molar-refractivity contribution in [3.05, 3.63) is 0 Å². The van der Waals surface area contributed by atoms with Crippen LogP contribution >= 0.6 is 35.4 Å². The van der Waals surface area contributed by atoms with Crippen LogP contribution in [0.25, 0.3) is 0 Å². The third-order valence-electron chi connectivity index (χ3n) is 1.53. The van der Waals surface area contributed by atoms with Crippen molar-refractivity contribution in [1.82, 2.24) is 8.84 Å². The average molecular weight is 292 g/mol. The Labute approximate surface area is 129 Å². The number of nitrogens with zero attached hydrogens (tertiary/aromatic N) is 2. The number of hydrogen-bond acceptors (Lipinski definition) is 3. The summed E-state index contributed by atoms with van der Waals surface area (Å²) >= 11 is 14.4. The third kappa shape index (κ3) is 3.01. The SMILES string of the molecule is CC1(C)C(=O)N(Cl)C(=O)N1Cl.OCl.[Ca+2].[H-].[H-]. The van der Waals surface area contributed by atoms with Crippen molar-refractivity contribution in [3.8, 4) is 0 Å². The minimum Gasteiger partial charge on any atom is -1.00 e. The molecule has 0 aromatic rings. The van der Waals surface area contributed by atoms with Gasteiger partial charge in [-0.2, -0.15) is 4.42 Å². The van der Waals surface area contributed by atoms with E-state index in [4.69, 9.17) is 28.2 Å². The number of carbonyl (C=O) groups is 2. The maximum atomic E-state index is 11.1. The van der Waals surface area contributed by atoms with Gasteiger partial charge in [0.05, 0.1) is 11.9 Å². The molecule has 1 heterocycles. The average Bonchev–Trinajstić information content (AvgIpc) is 2.25. The third-order valence-corrected chi connectivity index (χ3v) is 2.39. The fourth-order valence-corrected chi connectivity index (χ4v) is 1.20. The maximum absolute atomic E-state index is 11.1. The summed E-state index contributed by atoms with van der Waals surface area (Å²) in [5.41, 5.74) is -1.04. The van der Waals surface area contributed by atoms with Gasteiger partial charge in [-0.1, -0.05) is 0 Å². The predicted octanol–water partition coefficient (Wildman–Crippen LogP) is 1.31. The first-order valence-electron chi connectivity index (χ1n) is 3.06. The summed E-state index contributed by atoms with van der Waals surface area (Å²) in [5.74, 6) is -0.515. The zero-order valence-electron chi connectivity index (χ0n) is 9.50. The van der Waals surface area contributed by atoms with E-state index in [2.05, 4.69) is 11.9 Å². The minimum absolute atomic E-state index is 0. The summed E-state index contributed by atoms with van der Waals surface area (Å²) in [7, 11) is 0. The Bertz CT molecular complexity index is 247. The second-order valence-electron chi connectivity index (χ2n) is 2.71. The molecule has 0 unspecified atom stereocenters.